The third kappa shape index (κ3) is 17.2. The number of nitrogens with zero attached hydrogens (tertiary/aromatic N) is 1. The molecule has 1 aliphatic heterocycles. The Morgan fingerprint density at radius 3 is 1.98 bits per heavy atom. The molecule has 1 fully saturated rings. The van der Waals surface area contributed by atoms with Crippen LogP contribution in [0, 0.1) is 22.7 Å². The van der Waals surface area contributed by atoms with Crippen molar-refractivity contribution in [3.8, 4) is 0 Å². The first-order valence-electron chi connectivity index (χ1n) is 18.1. The fourth-order valence-electron chi connectivity index (χ4n) is 5.58. The Hall–Kier alpha value is -3.07. The lowest BCUT2D eigenvalue weighted by atomic mass is 9.78. The highest BCUT2D eigenvalue weighted by atomic mass is 32.2. The van der Waals surface area contributed by atoms with E-state index in [1.54, 1.807) is 34.6 Å². The summed E-state index contributed by atoms with van der Waals surface area (Å²) in [7, 11) is -3.06. The fraction of sp³-hybridized carbons (Fsp3) is 0.829. The number of imide groups is 1. The maximum atomic E-state index is 13.8. The minimum atomic E-state index is -4.30. The maximum Gasteiger partial charge on any atom is 0.324 e. The monoisotopic (exact) mass is 794 g/mol. The predicted octanol–water partition coefficient (Wildman–Crippen LogP) is 0.311. The second-order valence-electron chi connectivity index (χ2n) is 16.2. The zero-order valence-corrected chi connectivity index (χ0v) is 33.7. The SMILES string of the molecule is CO[C@@H]1OC(CNC(=O)CC[C@H](CC(=O)[C@@H](NC(=O)N(CCC(C)(C)C)C(=O)CCC(=O)NCCS(=O)(=O)O)C(C)C)C(=O)C(C)(C)C)[C@@H](O)[C@H](O)[C@H]1O. The number of carbonyl (C=O) groups excluding carboxylic acids is 6. The number of amides is 5. The Balaban J connectivity index is 3.06. The van der Waals surface area contributed by atoms with Gasteiger partial charge in [-0.3, -0.25) is 33.4 Å². The minimum absolute atomic E-state index is 0.0353. The number of methoxy groups -OCH3 is 1. The topological polar surface area (TPSA) is 275 Å². The number of Topliss-reactive ketones (excluding diaryl/α,β-unsaturated/α-hetero) is 2. The van der Waals surface area contributed by atoms with E-state index in [1.807, 2.05) is 20.8 Å². The van der Waals surface area contributed by atoms with Crippen molar-refractivity contribution in [1.82, 2.24) is 20.9 Å². The van der Waals surface area contributed by atoms with E-state index < -0.39 is 106 Å². The molecule has 0 aromatic heterocycles. The van der Waals surface area contributed by atoms with E-state index in [4.69, 9.17) is 14.0 Å². The van der Waals surface area contributed by atoms with Crippen molar-refractivity contribution in [2.24, 2.45) is 22.7 Å². The van der Waals surface area contributed by atoms with Crippen LogP contribution in [0.1, 0.15) is 93.9 Å². The first-order chi connectivity index (χ1) is 24.7. The average Bonchev–Trinajstić information content (AvgIpc) is 3.04. The number of hydrogen-bond donors (Lipinski definition) is 7. The number of carbonyl (C=O) groups is 6. The van der Waals surface area contributed by atoms with E-state index in [0.29, 0.717) is 6.42 Å². The second-order valence-corrected chi connectivity index (χ2v) is 17.8. The van der Waals surface area contributed by atoms with Gasteiger partial charge in [0.15, 0.2) is 12.1 Å². The molecule has 1 rings (SSSR count). The van der Waals surface area contributed by atoms with Crippen molar-refractivity contribution in [3.63, 3.8) is 0 Å². The van der Waals surface area contributed by atoms with Crippen molar-refractivity contribution < 1.29 is 66.5 Å². The van der Waals surface area contributed by atoms with Crippen LogP contribution in [0.5, 0.6) is 0 Å². The highest BCUT2D eigenvalue weighted by Crippen LogP contribution is 2.27. The summed E-state index contributed by atoms with van der Waals surface area (Å²) in [5.41, 5.74) is -1.19. The summed E-state index contributed by atoms with van der Waals surface area (Å²) in [5, 5.41) is 37.8. The van der Waals surface area contributed by atoms with Gasteiger partial charge in [-0.1, -0.05) is 55.4 Å². The molecule has 1 heterocycles. The number of urea groups is 1. The van der Waals surface area contributed by atoms with Gasteiger partial charge in [0.2, 0.25) is 17.7 Å². The average molecular weight is 795 g/mol. The third-order valence-electron chi connectivity index (χ3n) is 8.85. The van der Waals surface area contributed by atoms with Crippen LogP contribution in [-0.4, -0.2) is 138 Å². The molecule has 19 heteroatoms. The van der Waals surface area contributed by atoms with Gasteiger partial charge in [0.25, 0.3) is 10.1 Å². The predicted molar refractivity (Wildman–Crippen MR) is 195 cm³/mol. The molecule has 0 saturated carbocycles. The molecule has 0 aromatic carbocycles. The first kappa shape index (κ1) is 48.9. The summed E-state index contributed by atoms with van der Waals surface area (Å²) in [4.78, 5) is 80.1. The fourth-order valence-corrected chi connectivity index (χ4v) is 5.94. The standard InChI is InChI=1S/C35H62N4O14S/c1-20(2)27(38-33(48)39(16-14-34(3,4)5)26(43)13-12-24(41)36-15-17-54(49,50)51)22(40)18-21(31(47)35(6,7)8)10-11-25(42)37-19-23-28(44)29(45)30(46)32(52-9)53-23/h20-21,23,27-30,32,44-46H,10-19H2,1-9H3,(H,36,41)(H,37,42)(H,38,48)(H,49,50,51)/t21-,23?,27+,28-,29+,30-,32-/m1/s1. The molecule has 7 N–H and O–H groups in total. The smallest absolute Gasteiger partial charge is 0.324 e. The van der Waals surface area contributed by atoms with Crippen LogP contribution in [0.25, 0.3) is 0 Å². The van der Waals surface area contributed by atoms with E-state index in [2.05, 4.69) is 16.0 Å². The highest BCUT2D eigenvalue weighted by molar-refractivity contribution is 7.85. The van der Waals surface area contributed by atoms with Crippen molar-refractivity contribution in [2.75, 3.05) is 32.5 Å². The summed E-state index contributed by atoms with van der Waals surface area (Å²) in [6.07, 6.45) is -7.88. The Morgan fingerprint density at radius 1 is 0.870 bits per heavy atom. The maximum absolute atomic E-state index is 13.8. The van der Waals surface area contributed by atoms with Crippen molar-refractivity contribution in [2.45, 2.75) is 131 Å². The largest absolute Gasteiger partial charge is 0.388 e. The molecule has 7 atom stereocenters. The third-order valence-corrected chi connectivity index (χ3v) is 9.57. The Kier molecular flexibility index (Phi) is 19.3. The molecule has 312 valence electrons. The lowest BCUT2D eigenvalue weighted by Crippen LogP contribution is -2.60. The molecule has 0 spiro atoms. The van der Waals surface area contributed by atoms with Gasteiger partial charge in [0.05, 0.1) is 11.8 Å². The number of ketones is 2. The second kappa shape index (κ2) is 21.3. The van der Waals surface area contributed by atoms with Crippen LogP contribution in [0.15, 0.2) is 0 Å². The van der Waals surface area contributed by atoms with Gasteiger partial charge in [0.1, 0.15) is 30.2 Å². The number of aliphatic hydroxyl groups is 3. The molecular weight excluding hydrogens is 732 g/mol. The minimum Gasteiger partial charge on any atom is -0.388 e. The van der Waals surface area contributed by atoms with Crippen LogP contribution in [0.2, 0.25) is 0 Å². The molecule has 1 unspecified atom stereocenters. The first-order valence-corrected chi connectivity index (χ1v) is 19.7. The van der Waals surface area contributed by atoms with Crippen LogP contribution in [0.4, 0.5) is 4.79 Å². The van der Waals surface area contributed by atoms with Gasteiger partial charge < -0.3 is 40.7 Å². The molecule has 5 amide bonds. The quantitative estimate of drug-likeness (QED) is 0.0818. The number of ether oxygens (including phenoxy) is 2. The van der Waals surface area contributed by atoms with E-state index in [1.165, 1.54) is 7.11 Å². The van der Waals surface area contributed by atoms with Crippen LogP contribution >= 0.6 is 0 Å². The molecule has 1 aliphatic rings. The molecule has 54 heavy (non-hydrogen) atoms. The molecule has 0 radical (unpaired) electrons. The number of hydrogen-bond acceptors (Lipinski definition) is 13. The molecule has 1 saturated heterocycles. The molecule has 0 aliphatic carbocycles. The number of aliphatic hydroxyl groups excluding tert-OH is 3. The lowest BCUT2D eigenvalue weighted by Gasteiger charge is -2.39. The van der Waals surface area contributed by atoms with Crippen LogP contribution in [0.3, 0.4) is 0 Å². The van der Waals surface area contributed by atoms with Gasteiger partial charge in [-0.2, -0.15) is 8.42 Å². The zero-order valence-electron chi connectivity index (χ0n) is 32.9. The van der Waals surface area contributed by atoms with Crippen molar-refractivity contribution in [3.05, 3.63) is 0 Å². The van der Waals surface area contributed by atoms with E-state index in [-0.39, 0.29) is 56.5 Å². The lowest BCUT2D eigenvalue weighted by molar-refractivity contribution is -0.288. The molecular formula is C35H62N4O14S. The van der Waals surface area contributed by atoms with E-state index in [0.717, 1.165) is 4.90 Å². The number of rotatable bonds is 20. The van der Waals surface area contributed by atoms with E-state index >= 15 is 0 Å². The van der Waals surface area contributed by atoms with Crippen LogP contribution in [-0.2, 0) is 43.6 Å². The van der Waals surface area contributed by atoms with E-state index in [9.17, 15) is 52.5 Å². The van der Waals surface area contributed by atoms with Gasteiger partial charge >= 0.3 is 6.03 Å². The molecule has 0 bridgehead atoms. The Morgan fingerprint density at radius 2 is 1.46 bits per heavy atom. The summed E-state index contributed by atoms with van der Waals surface area (Å²) in [5.74, 6) is -4.81. The van der Waals surface area contributed by atoms with Crippen LogP contribution < -0.4 is 16.0 Å². The highest BCUT2D eigenvalue weighted by Gasteiger charge is 2.44. The van der Waals surface area contributed by atoms with Gasteiger partial charge in [0, 0.05) is 63.8 Å². The van der Waals surface area contributed by atoms with Crippen molar-refractivity contribution >= 4 is 45.4 Å². The zero-order chi connectivity index (χ0) is 41.8. The summed E-state index contributed by atoms with van der Waals surface area (Å²) < 4.78 is 41.1. The van der Waals surface area contributed by atoms with Crippen molar-refractivity contribution in [1.29, 1.82) is 0 Å². The summed E-state index contributed by atoms with van der Waals surface area (Å²) >= 11 is 0. The Bertz CT molecular complexity index is 1410. The molecule has 0 aromatic rings. The van der Waals surface area contributed by atoms with Gasteiger partial charge in [-0.15, -0.1) is 0 Å². The normalized spacial score (nSPS) is 21.9. The summed E-state index contributed by atoms with van der Waals surface area (Å²) in [6.45, 7) is 13.5. The summed E-state index contributed by atoms with van der Waals surface area (Å²) in [6, 6.07) is -2.00. The molecule has 18 nitrogen and oxygen atoms in total. The van der Waals surface area contributed by atoms with Gasteiger partial charge in [-0.05, 0) is 24.2 Å². The Labute approximate surface area is 318 Å². The van der Waals surface area contributed by atoms with Gasteiger partial charge in [-0.25, -0.2) is 4.79 Å². The number of nitrogens with one attached hydrogen (secondary N) is 3.